The fraction of sp³-hybridized carbons (Fsp3) is 0.500. The lowest BCUT2D eigenvalue weighted by Crippen LogP contribution is -2.51. The number of nitrogens with zero attached hydrogens (tertiary/aromatic N) is 2. The number of halogens is 1. The van der Waals surface area contributed by atoms with Crippen LogP contribution in [0.3, 0.4) is 0 Å². The minimum Gasteiger partial charge on any atom is -0.483 e. The van der Waals surface area contributed by atoms with Gasteiger partial charge in [-0.1, -0.05) is 25.1 Å². The van der Waals surface area contributed by atoms with Crippen molar-refractivity contribution in [3.8, 4) is 5.75 Å². The van der Waals surface area contributed by atoms with E-state index in [2.05, 4.69) is 6.92 Å². The summed E-state index contributed by atoms with van der Waals surface area (Å²) in [6, 6.07) is 7.73. The molecule has 1 heterocycles. The maximum absolute atomic E-state index is 12.2. The number of amides is 2. The molecular weight excluding hydrogens is 304 g/mol. The molecule has 1 saturated heterocycles. The second-order valence-corrected chi connectivity index (χ2v) is 5.41. The van der Waals surface area contributed by atoms with Gasteiger partial charge in [0.15, 0.2) is 6.61 Å². The molecule has 0 unspecified atom stereocenters. The molecule has 2 amide bonds. The highest BCUT2D eigenvalue weighted by Crippen LogP contribution is 2.18. The van der Waals surface area contributed by atoms with E-state index in [0.29, 0.717) is 26.2 Å². The van der Waals surface area contributed by atoms with Gasteiger partial charge in [-0.15, -0.1) is 11.6 Å². The standard InChI is InChI=1S/C16H21ClN2O3/c1-2-13-5-3-4-6-14(13)22-12-16(21)19-9-7-18(8-10-19)15(20)11-17/h3-6H,2,7-12H2,1H3. The van der Waals surface area contributed by atoms with Crippen LogP contribution in [0.1, 0.15) is 12.5 Å². The fourth-order valence-electron chi connectivity index (χ4n) is 2.46. The average Bonchev–Trinajstić information content (AvgIpc) is 2.59. The molecule has 0 radical (unpaired) electrons. The predicted molar refractivity (Wildman–Crippen MR) is 85.2 cm³/mol. The first-order valence-corrected chi connectivity index (χ1v) is 8.01. The molecule has 0 saturated carbocycles. The van der Waals surface area contributed by atoms with Crippen LogP contribution in [0.25, 0.3) is 0 Å². The highest BCUT2D eigenvalue weighted by molar-refractivity contribution is 6.27. The summed E-state index contributed by atoms with van der Waals surface area (Å²) in [7, 11) is 0. The molecule has 2 rings (SSSR count). The molecular formula is C16H21ClN2O3. The van der Waals surface area contributed by atoms with Gasteiger partial charge in [-0.25, -0.2) is 0 Å². The summed E-state index contributed by atoms with van der Waals surface area (Å²) in [6.45, 7) is 4.20. The van der Waals surface area contributed by atoms with E-state index in [1.165, 1.54) is 0 Å². The van der Waals surface area contributed by atoms with Crippen molar-refractivity contribution in [2.24, 2.45) is 0 Å². The Kier molecular flexibility index (Phi) is 6.07. The lowest BCUT2D eigenvalue weighted by molar-refractivity contribution is -0.139. The van der Waals surface area contributed by atoms with Gasteiger partial charge in [-0.05, 0) is 18.1 Å². The molecule has 0 spiro atoms. The number of rotatable bonds is 5. The molecule has 0 bridgehead atoms. The molecule has 1 aliphatic rings. The Morgan fingerprint density at radius 1 is 1.09 bits per heavy atom. The third-order valence-corrected chi connectivity index (χ3v) is 4.03. The van der Waals surface area contributed by atoms with Crippen LogP contribution in [0.15, 0.2) is 24.3 Å². The van der Waals surface area contributed by atoms with Gasteiger partial charge in [-0.3, -0.25) is 9.59 Å². The summed E-state index contributed by atoms with van der Waals surface area (Å²) in [5.74, 6) is 0.616. The first-order valence-electron chi connectivity index (χ1n) is 7.48. The quantitative estimate of drug-likeness (QED) is 0.772. The van der Waals surface area contributed by atoms with E-state index in [-0.39, 0.29) is 24.3 Å². The predicted octanol–water partition coefficient (Wildman–Crippen LogP) is 1.54. The van der Waals surface area contributed by atoms with E-state index in [1.54, 1.807) is 9.80 Å². The van der Waals surface area contributed by atoms with Gasteiger partial charge in [0.25, 0.3) is 5.91 Å². The Hall–Kier alpha value is -1.75. The van der Waals surface area contributed by atoms with E-state index < -0.39 is 0 Å². The molecule has 22 heavy (non-hydrogen) atoms. The highest BCUT2D eigenvalue weighted by Gasteiger charge is 2.23. The van der Waals surface area contributed by atoms with Crippen LogP contribution in [0, 0.1) is 0 Å². The summed E-state index contributed by atoms with van der Waals surface area (Å²) in [4.78, 5) is 27.1. The van der Waals surface area contributed by atoms with Crippen molar-refractivity contribution < 1.29 is 14.3 Å². The summed E-state index contributed by atoms with van der Waals surface area (Å²) in [5, 5.41) is 0. The Morgan fingerprint density at radius 2 is 1.68 bits per heavy atom. The van der Waals surface area contributed by atoms with E-state index >= 15 is 0 Å². The zero-order valence-electron chi connectivity index (χ0n) is 12.8. The molecule has 0 aromatic heterocycles. The van der Waals surface area contributed by atoms with Crippen LogP contribution in [0.4, 0.5) is 0 Å². The monoisotopic (exact) mass is 324 g/mol. The molecule has 5 nitrogen and oxygen atoms in total. The Labute approximate surface area is 135 Å². The Bertz CT molecular complexity index is 528. The van der Waals surface area contributed by atoms with Crippen LogP contribution in [0.2, 0.25) is 0 Å². The molecule has 1 aliphatic heterocycles. The van der Waals surface area contributed by atoms with Crippen molar-refractivity contribution in [2.75, 3.05) is 38.7 Å². The number of aryl methyl sites for hydroxylation is 1. The van der Waals surface area contributed by atoms with Crippen molar-refractivity contribution in [2.45, 2.75) is 13.3 Å². The second kappa shape index (κ2) is 8.03. The zero-order chi connectivity index (χ0) is 15.9. The van der Waals surface area contributed by atoms with Crippen LogP contribution in [0.5, 0.6) is 5.75 Å². The summed E-state index contributed by atoms with van der Waals surface area (Å²) < 4.78 is 5.65. The van der Waals surface area contributed by atoms with Crippen LogP contribution in [-0.4, -0.2) is 60.3 Å². The minimum atomic E-state index is -0.0816. The fourth-order valence-corrected chi connectivity index (χ4v) is 2.63. The van der Waals surface area contributed by atoms with E-state index in [9.17, 15) is 9.59 Å². The van der Waals surface area contributed by atoms with Crippen LogP contribution in [-0.2, 0) is 16.0 Å². The van der Waals surface area contributed by atoms with Gasteiger partial charge in [0, 0.05) is 26.2 Å². The number of ether oxygens (including phenoxy) is 1. The largest absolute Gasteiger partial charge is 0.483 e. The first-order chi connectivity index (χ1) is 10.7. The summed E-state index contributed by atoms with van der Waals surface area (Å²) >= 11 is 5.54. The number of carbonyl (C=O) groups excluding carboxylic acids is 2. The van der Waals surface area contributed by atoms with Gasteiger partial charge >= 0.3 is 0 Å². The maximum Gasteiger partial charge on any atom is 0.260 e. The van der Waals surface area contributed by atoms with Gasteiger partial charge in [0.05, 0.1) is 0 Å². The molecule has 1 aromatic rings. The third kappa shape index (κ3) is 4.13. The van der Waals surface area contributed by atoms with Crippen molar-refractivity contribution in [1.29, 1.82) is 0 Å². The molecule has 0 aliphatic carbocycles. The number of alkyl halides is 1. The first kappa shape index (κ1) is 16.6. The Morgan fingerprint density at radius 3 is 2.27 bits per heavy atom. The average molecular weight is 325 g/mol. The van der Waals surface area contributed by atoms with Crippen molar-refractivity contribution in [3.63, 3.8) is 0 Å². The van der Waals surface area contributed by atoms with Crippen LogP contribution >= 0.6 is 11.6 Å². The van der Waals surface area contributed by atoms with Gasteiger partial charge in [0.2, 0.25) is 5.91 Å². The summed E-state index contributed by atoms with van der Waals surface area (Å²) in [6.07, 6.45) is 0.865. The normalized spacial score (nSPS) is 14.8. The van der Waals surface area contributed by atoms with Gasteiger partial charge < -0.3 is 14.5 Å². The molecule has 6 heteroatoms. The van der Waals surface area contributed by atoms with Crippen molar-refractivity contribution in [1.82, 2.24) is 9.80 Å². The van der Waals surface area contributed by atoms with Crippen molar-refractivity contribution in [3.05, 3.63) is 29.8 Å². The van der Waals surface area contributed by atoms with Gasteiger partial charge in [-0.2, -0.15) is 0 Å². The molecule has 120 valence electrons. The minimum absolute atomic E-state index is 0.00907. The number of carbonyl (C=O) groups is 2. The number of hydrogen-bond acceptors (Lipinski definition) is 3. The number of benzene rings is 1. The third-order valence-electron chi connectivity index (χ3n) is 3.80. The molecule has 1 aromatic carbocycles. The number of para-hydroxylation sites is 1. The lowest BCUT2D eigenvalue weighted by atomic mass is 10.1. The lowest BCUT2D eigenvalue weighted by Gasteiger charge is -2.34. The highest BCUT2D eigenvalue weighted by atomic mass is 35.5. The van der Waals surface area contributed by atoms with E-state index in [0.717, 1.165) is 17.7 Å². The smallest absolute Gasteiger partial charge is 0.260 e. The molecule has 0 atom stereocenters. The topological polar surface area (TPSA) is 49.9 Å². The number of piperazine rings is 1. The second-order valence-electron chi connectivity index (χ2n) is 5.15. The molecule has 1 fully saturated rings. The summed E-state index contributed by atoms with van der Waals surface area (Å²) in [5.41, 5.74) is 1.09. The van der Waals surface area contributed by atoms with Crippen LogP contribution < -0.4 is 4.74 Å². The Balaban J connectivity index is 1.82. The van der Waals surface area contributed by atoms with E-state index in [4.69, 9.17) is 16.3 Å². The maximum atomic E-state index is 12.2. The molecule has 0 N–H and O–H groups in total. The number of hydrogen-bond donors (Lipinski definition) is 0. The zero-order valence-corrected chi connectivity index (χ0v) is 13.5. The van der Waals surface area contributed by atoms with Gasteiger partial charge in [0.1, 0.15) is 11.6 Å². The SMILES string of the molecule is CCc1ccccc1OCC(=O)N1CCN(C(=O)CCl)CC1. The van der Waals surface area contributed by atoms with Crippen molar-refractivity contribution >= 4 is 23.4 Å². The van der Waals surface area contributed by atoms with E-state index in [1.807, 2.05) is 24.3 Å².